The number of fused-ring (bicyclic) bond motifs is 1. The molecular weight excluding hydrogens is 494 g/mol. The van der Waals surface area contributed by atoms with Crippen LogP contribution in [0.3, 0.4) is 0 Å². The number of benzene rings is 1. The smallest absolute Gasteiger partial charge is 0.407 e. The zero-order valence-corrected chi connectivity index (χ0v) is 22.3. The largest absolute Gasteiger partial charge is 0.490 e. The molecule has 2 aromatic rings. The van der Waals surface area contributed by atoms with Gasteiger partial charge in [-0.3, -0.25) is 0 Å². The topological polar surface area (TPSA) is 101 Å². The van der Waals surface area contributed by atoms with Crippen molar-refractivity contribution in [2.75, 3.05) is 19.8 Å². The number of aliphatic hydroxyl groups is 2. The van der Waals surface area contributed by atoms with Crippen molar-refractivity contribution in [1.29, 1.82) is 0 Å². The lowest BCUT2D eigenvalue weighted by atomic mass is 9.80. The molecule has 1 aliphatic carbocycles. The Morgan fingerprint density at radius 3 is 2.58 bits per heavy atom. The average molecular weight is 529 g/mol. The number of halogens is 2. The number of carbonyl (C=O) groups is 1. The van der Waals surface area contributed by atoms with E-state index in [-0.39, 0.29) is 37.6 Å². The van der Waals surface area contributed by atoms with Crippen LogP contribution in [0.4, 0.5) is 13.6 Å². The lowest BCUT2D eigenvalue weighted by Crippen LogP contribution is -2.44. The zero-order chi connectivity index (χ0) is 27.9. The molecule has 0 radical (unpaired) electrons. The molecule has 0 spiro atoms. The number of aliphatic hydroxyl groups excluding tert-OH is 1. The lowest BCUT2D eigenvalue weighted by molar-refractivity contribution is 0.0381. The summed E-state index contributed by atoms with van der Waals surface area (Å²) in [6, 6.07) is 10.3. The predicted octanol–water partition coefficient (Wildman–Crippen LogP) is 5.07. The van der Waals surface area contributed by atoms with Gasteiger partial charge in [-0.2, -0.15) is 0 Å². The SMILES string of the molecule is CC1=C(F)C=C(F)C(c2nc([C@@](O)(CNC(=O)OC(C)(C)C)c3ccccc3)cc3c2OC[C@]3(C)CO)C1. The van der Waals surface area contributed by atoms with Crippen LogP contribution in [0.15, 0.2) is 59.7 Å². The molecule has 4 rings (SSSR count). The van der Waals surface area contributed by atoms with Crippen LogP contribution in [0.2, 0.25) is 0 Å². The number of alkyl carbamates (subject to hydrolysis) is 1. The quantitative estimate of drug-likeness (QED) is 0.484. The van der Waals surface area contributed by atoms with Crippen LogP contribution in [0.1, 0.15) is 69.5 Å². The minimum atomic E-state index is -1.86. The van der Waals surface area contributed by atoms with Gasteiger partial charge in [0, 0.05) is 11.6 Å². The van der Waals surface area contributed by atoms with Crippen molar-refractivity contribution in [2.45, 2.75) is 63.6 Å². The summed E-state index contributed by atoms with van der Waals surface area (Å²) in [5.74, 6) is -1.97. The second-order valence-electron chi connectivity index (χ2n) is 11.3. The first-order valence-electron chi connectivity index (χ1n) is 12.5. The first-order valence-corrected chi connectivity index (χ1v) is 12.5. The highest BCUT2D eigenvalue weighted by Crippen LogP contribution is 2.48. The number of hydrogen-bond acceptors (Lipinski definition) is 6. The number of nitrogens with zero attached hydrogens (tertiary/aromatic N) is 1. The molecule has 7 nitrogen and oxygen atoms in total. The van der Waals surface area contributed by atoms with Crippen molar-refractivity contribution < 1.29 is 33.3 Å². The van der Waals surface area contributed by atoms with E-state index in [1.54, 1.807) is 71.0 Å². The number of hydrogen-bond donors (Lipinski definition) is 3. The Hall–Kier alpha value is -3.30. The van der Waals surface area contributed by atoms with Gasteiger partial charge < -0.3 is 25.0 Å². The van der Waals surface area contributed by atoms with Crippen molar-refractivity contribution in [1.82, 2.24) is 10.3 Å². The minimum absolute atomic E-state index is 0.0379. The molecule has 9 heteroatoms. The monoisotopic (exact) mass is 528 g/mol. The number of nitrogens with one attached hydrogen (secondary N) is 1. The summed E-state index contributed by atoms with van der Waals surface area (Å²) in [5, 5.41) is 25.0. The minimum Gasteiger partial charge on any atom is -0.490 e. The Morgan fingerprint density at radius 2 is 1.95 bits per heavy atom. The fraction of sp³-hybridized carbons (Fsp3) is 0.448. The van der Waals surface area contributed by atoms with Gasteiger partial charge in [-0.05, 0) is 58.2 Å². The fourth-order valence-corrected chi connectivity index (χ4v) is 4.68. The Labute approximate surface area is 221 Å². The third-order valence-corrected chi connectivity index (χ3v) is 6.94. The molecule has 1 amide bonds. The van der Waals surface area contributed by atoms with Gasteiger partial charge in [0.05, 0.1) is 35.9 Å². The first kappa shape index (κ1) is 27.7. The molecule has 1 aromatic carbocycles. The summed E-state index contributed by atoms with van der Waals surface area (Å²) < 4.78 is 40.6. The van der Waals surface area contributed by atoms with E-state index in [4.69, 9.17) is 14.5 Å². The number of pyridine rings is 1. The molecule has 2 heterocycles. The number of carbonyl (C=O) groups excluding carboxylic acids is 1. The molecule has 204 valence electrons. The van der Waals surface area contributed by atoms with E-state index >= 15 is 4.39 Å². The van der Waals surface area contributed by atoms with E-state index < -0.39 is 40.3 Å². The Bertz CT molecular complexity index is 1290. The molecule has 3 atom stereocenters. The number of amides is 1. The summed E-state index contributed by atoms with van der Waals surface area (Å²) >= 11 is 0. The summed E-state index contributed by atoms with van der Waals surface area (Å²) in [7, 11) is 0. The highest BCUT2D eigenvalue weighted by atomic mass is 19.1. The van der Waals surface area contributed by atoms with Gasteiger partial charge in [0.25, 0.3) is 0 Å². The second kappa shape index (κ2) is 10.1. The van der Waals surface area contributed by atoms with Crippen LogP contribution in [-0.2, 0) is 15.8 Å². The number of rotatable bonds is 6. The maximum atomic E-state index is 15.2. The van der Waals surface area contributed by atoms with Gasteiger partial charge in [0.1, 0.15) is 35.2 Å². The van der Waals surface area contributed by atoms with E-state index in [1.807, 2.05) is 0 Å². The summed E-state index contributed by atoms with van der Waals surface area (Å²) in [6.45, 7) is 8.12. The summed E-state index contributed by atoms with van der Waals surface area (Å²) in [5.41, 5.74) is -1.78. The molecule has 0 bridgehead atoms. The van der Waals surface area contributed by atoms with Crippen LogP contribution < -0.4 is 10.1 Å². The molecule has 1 aliphatic heterocycles. The lowest BCUT2D eigenvalue weighted by Gasteiger charge is -2.32. The van der Waals surface area contributed by atoms with Crippen LogP contribution in [0.5, 0.6) is 5.75 Å². The van der Waals surface area contributed by atoms with Gasteiger partial charge in [-0.25, -0.2) is 18.6 Å². The summed E-state index contributed by atoms with van der Waals surface area (Å²) in [6.07, 6.45) is 0.155. The number of aromatic nitrogens is 1. The van der Waals surface area contributed by atoms with Crippen molar-refractivity contribution >= 4 is 6.09 Å². The maximum absolute atomic E-state index is 15.2. The molecule has 1 unspecified atom stereocenters. The van der Waals surface area contributed by atoms with Crippen LogP contribution in [0.25, 0.3) is 0 Å². The first-order chi connectivity index (χ1) is 17.8. The molecular formula is C29H34F2N2O5. The third-order valence-electron chi connectivity index (χ3n) is 6.94. The predicted molar refractivity (Wildman–Crippen MR) is 138 cm³/mol. The van der Waals surface area contributed by atoms with E-state index in [9.17, 15) is 19.4 Å². The molecule has 2 aliphatic rings. The van der Waals surface area contributed by atoms with Crippen LogP contribution in [-0.4, -0.2) is 46.6 Å². The van der Waals surface area contributed by atoms with Gasteiger partial charge in [0.2, 0.25) is 0 Å². The highest BCUT2D eigenvalue weighted by Gasteiger charge is 2.44. The normalized spacial score (nSPS) is 22.8. The van der Waals surface area contributed by atoms with Crippen molar-refractivity contribution in [3.05, 3.63) is 82.2 Å². The van der Waals surface area contributed by atoms with E-state index in [2.05, 4.69) is 5.32 Å². The van der Waals surface area contributed by atoms with Crippen LogP contribution in [0, 0.1) is 0 Å². The standard InChI is InChI=1S/C29H34F2N2O5/c1-17-11-19(22(31)13-21(17)30)24-25-20(28(5,15-34)16-37-25)12-23(33-24)29(36,18-9-7-6-8-10-18)14-32-26(35)38-27(2,3)4/h6-10,12-13,19,34,36H,11,14-16H2,1-5H3,(H,32,35)/t19?,28-,29+/m0/s1. The highest BCUT2D eigenvalue weighted by molar-refractivity contribution is 5.68. The molecule has 0 saturated carbocycles. The van der Waals surface area contributed by atoms with Gasteiger partial charge in [0.15, 0.2) is 0 Å². The number of allylic oxidation sites excluding steroid dienone is 4. The number of ether oxygens (including phenoxy) is 2. The molecule has 38 heavy (non-hydrogen) atoms. The van der Waals surface area contributed by atoms with Gasteiger partial charge >= 0.3 is 6.09 Å². The maximum Gasteiger partial charge on any atom is 0.407 e. The summed E-state index contributed by atoms with van der Waals surface area (Å²) in [4.78, 5) is 17.2. The van der Waals surface area contributed by atoms with Crippen molar-refractivity contribution in [2.24, 2.45) is 0 Å². The van der Waals surface area contributed by atoms with E-state index in [0.29, 0.717) is 22.4 Å². The van der Waals surface area contributed by atoms with E-state index in [1.165, 1.54) is 0 Å². The second-order valence-corrected chi connectivity index (χ2v) is 11.3. The Balaban J connectivity index is 1.87. The molecule has 1 aromatic heterocycles. The molecule has 0 fully saturated rings. The average Bonchev–Trinajstić information content (AvgIpc) is 3.21. The van der Waals surface area contributed by atoms with Gasteiger partial charge in [-0.1, -0.05) is 30.3 Å². The molecule has 0 saturated heterocycles. The zero-order valence-electron chi connectivity index (χ0n) is 22.3. The Kier molecular flexibility index (Phi) is 7.38. The fourth-order valence-electron chi connectivity index (χ4n) is 4.68. The van der Waals surface area contributed by atoms with Crippen molar-refractivity contribution in [3.63, 3.8) is 0 Å². The van der Waals surface area contributed by atoms with Gasteiger partial charge in [-0.15, -0.1) is 0 Å². The van der Waals surface area contributed by atoms with Crippen LogP contribution >= 0.6 is 0 Å². The molecule has 3 N–H and O–H groups in total. The van der Waals surface area contributed by atoms with E-state index in [0.717, 1.165) is 6.08 Å². The van der Waals surface area contributed by atoms with Crippen molar-refractivity contribution in [3.8, 4) is 5.75 Å². The third kappa shape index (κ3) is 5.31. The Morgan fingerprint density at radius 1 is 1.26 bits per heavy atom.